The monoisotopic (exact) mass is 355 g/mol. The summed E-state index contributed by atoms with van der Waals surface area (Å²) in [6.07, 6.45) is 6.74. The summed E-state index contributed by atoms with van der Waals surface area (Å²) >= 11 is 6.05. The van der Waals surface area contributed by atoms with Gasteiger partial charge in [-0.2, -0.15) is 0 Å². The smallest absolute Gasteiger partial charge is 0.278 e. The molecule has 0 bridgehead atoms. The van der Waals surface area contributed by atoms with Crippen molar-refractivity contribution in [3.8, 4) is 0 Å². The minimum absolute atomic E-state index is 0.153. The fraction of sp³-hybridized carbons (Fsp3) is 0.300. The molecule has 0 saturated carbocycles. The molecule has 1 N–H and O–H groups in total. The number of rotatable bonds is 3. The lowest BCUT2D eigenvalue weighted by atomic mass is 9.74. The number of nitro benzene ring substituents is 1. The maximum Gasteiger partial charge on any atom is 0.278 e. The summed E-state index contributed by atoms with van der Waals surface area (Å²) in [6, 6.07) is 13.4. The number of piperidine rings is 1. The van der Waals surface area contributed by atoms with E-state index in [4.69, 9.17) is 11.6 Å². The van der Waals surface area contributed by atoms with Crippen molar-refractivity contribution >= 4 is 23.4 Å². The molecule has 1 aliphatic carbocycles. The fourth-order valence-corrected chi connectivity index (χ4v) is 4.44. The minimum atomic E-state index is -0.313. The second-order valence-electron chi connectivity index (χ2n) is 7.03. The van der Waals surface area contributed by atoms with Crippen LogP contribution < -0.4 is 4.90 Å². The van der Waals surface area contributed by atoms with Crippen LogP contribution in [0.2, 0.25) is 5.02 Å². The van der Waals surface area contributed by atoms with Crippen molar-refractivity contribution in [1.29, 1.82) is 0 Å². The van der Waals surface area contributed by atoms with Gasteiger partial charge in [-0.05, 0) is 23.3 Å². The average molecular weight is 356 g/mol. The predicted molar refractivity (Wildman–Crippen MR) is 98.9 cm³/mol. The molecule has 2 aromatic carbocycles. The first-order chi connectivity index (χ1) is 12.1. The minimum Gasteiger partial charge on any atom is -0.331 e. The molecule has 25 heavy (non-hydrogen) atoms. The van der Waals surface area contributed by atoms with Crippen LogP contribution in [-0.4, -0.2) is 18.0 Å². The third-order valence-corrected chi connectivity index (χ3v) is 5.84. The molecule has 0 atom stereocenters. The van der Waals surface area contributed by atoms with Crippen LogP contribution in [0.3, 0.4) is 0 Å². The number of halogens is 1. The topological polar surface area (TPSA) is 47.6 Å². The number of allylic oxidation sites excluding steroid dienone is 1. The highest BCUT2D eigenvalue weighted by Crippen LogP contribution is 2.41. The van der Waals surface area contributed by atoms with Crippen molar-refractivity contribution in [2.75, 3.05) is 13.1 Å². The third-order valence-electron chi connectivity index (χ3n) is 5.61. The van der Waals surface area contributed by atoms with Gasteiger partial charge in [-0.3, -0.25) is 10.1 Å². The van der Waals surface area contributed by atoms with E-state index in [-0.39, 0.29) is 16.0 Å². The quantitative estimate of drug-likeness (QED) is 0.677. The van der Waals surface area contributed by atoms with Gasteiger partial charge in [-0.25, -0.2) is 0 Å². The molecule has 0 aromatic heterocycles. The van der Waals surface area contributed by atoms with Gasteiger partial charge in [-0.1, -0.05) is 48.0 Å². The normalized spacial score (nSPS) is 24.4. The van der Waals surface area contributed by atoms with Crippen LogP contribution in [-0.2, 0) is 12.0 Å². The summed E-state index contributed by atoms with van der Waals surface area (Å²) in [7, 11) is 0. The third kappa shape index (κ3) is 2.96. The van der Waals surface area contributed by atoms with Crippen molar-refractivity contribution in [3.63, 3.8) is 0 Å². The number of nitrogens with zero attached hydrogens (tertiary/aromatic N) is 1. The molecule has 2 aliphatic rings. The van der Waals surface area contributed by atoms with Gasteiger partial charge in [-0.15, -0.1) is 0 Å². The summed E-state index contributed by atoms with van der Waals surface area (Å²) in [5.41, 5.74) is 3.81. The van der Waals surface area contributed by atoms with E-state index in [0.29, 0.717) is 11.6 Å². The van der Waals surface area contributed by atoms with E-state index in [1.54, 1.807) is 12.1 Å². The molecule has 0 unspecified atom stereocenters. The average Bonchev–Trinajstić information content (AvgIpc) is 2.96. The number of nitro groups is 1. The molecular formula is C20H20ClN2O2+. The van der Waals surface area contributed by atoms with Gasteiger partial charge in [0, 0.05) is 29.3 Å². The summed E-state index contributed by atoms with van der Waals surface area (Å²) in [4.78, 5) is 12.3. The van der Waals surface area contributed by atoms with E-state index in [2.05, 4.69) is 36.4 Å². The molecular weight excluding hydrogens is 336 g/mol. The van der Waals surface area contributed by atoms with E-state index in [0.717, 1.165) is 31.5 Å². The Morgan fingerprint density at radius 2 is 1.92 bits per heavy atom. The Morgan fingerprint density at radius 1 is 1.16 bits per heavy atom. The molecule has 0 amide bonds. The van der Waals surface area contributed by atoms with Crippen LogP contribution in [0.25, 0.3) is 6.08 Å². The molecule has 2 aromatic rings. The lowest BCUT2D eigenvalue weighted by molar-refractivity contribution is -0.920. The lowest BCUT2D eigenvalue weighted by Gasteiger charge is -2.37. The van der Waals surface area contributed by atoms with Gasteiger partial charge in [0.2, 0.25) is 0 Å². The van der Waals surface area contributed by atoms with Gasteiger partial charge < -0.3 is 4.90 Å². The molecule has 4 nitrogen and oxygen atoms in total. The van der Waals surface area contributed by atoms with Gasteiger partial charge in [0.25, 0.3) is 5.69 Å². The summed E-state index contributed by atoms with van der Waals surface area (Å²) in [6.45, 7) is 2.66. The predicted octanol–water partition coefficient (Wildman–Crippen LogP) is 3.39. The van der Waals surface area contributed by atoms with Crippen molar-refractivity contribution in [2.24, 2.45) is 0 Å². The Bertz CT molecular complexity index is 855. The number of quaternary nitrogens is 1. The Hall–Kier alpha value is -2.17. The van der Waals surface area contributed by atoms with Crippen molar-refractivity contribution in [1.82, 2.24) is 0 Å². The molecule has 0 radical (unpaired) electrons. The van der Waals surface area contributed by atoms with Gasteiger partial charge >= 0.3 is 0 Å². The van der Waals surface area contributed by atoms with Crippen LogP contribution in [0, 0.1) is 10.1 Å². The maximum atomic E-state index is 11.3. The summed E-state index contributed by atoms with van der Waals surface area (Å²) < 4.78 is 0. The standard InChI is InChI=1S/C20H19ClN2O2/c21-17-5-6-19(23(24)25)16(13-17)14-22-11-9-20(10-12-22)8-7-15-3-1-2-4-18(15)20/h1-8,13H,9-12,14H2/p+1. The highest BCUT2D eigenvalue weighted by atomic mass is 35.5. The Balaban J connectivity index is 1.50. The van der Waals surface area contributed by atoms with E-state index < -0.39 is 0 Å². The number of likely N-dealkylation sites (tertiary alicyclic amines) is 1. The number of hydrogen-bond acceptors (Lipinski definition) is 2. The first kappa shape index (κ1) is 16.3. The number of benzene rings is 2. The first-order valence-electron chi connectivity index (χ1n) is 8.63. The molecule has 1 fully saturated rings. The van der Waals surface area contributed by atoms with Crippen LogP contribution in [0.15, 0.2) is 48.5 Å². The molecule has 4 rings (SSSR count). The van der Waals surface area contributed by atoms with E-state index in [9.17, 15) is 10.1 Å². The zero-order chi connectivity index (χ0) is 17.4. The first-order valence-corrected chi connectivity index (χ1v) is 9.00. The van der Waals surface area contributed by atoms with Crippen LogP contribution in [0.1, 0.15) is 29.5 Å². The second kappa shape index (κ2) is 6.28. The zero-order valence-corrected chi connectivity index (χ0v) is 14.6. The van der Waals surface area contributed by atoms with E-state index >= 15 is 0 Å². The second-order valence-corrected chi connectivity index (χ2v) is 7.47. The Morgan fingerprint density at radius 3 is 2.68 bits per heavy atom. The fourth-order valence-electron chi connectivity index (χ4n) is 4.24. The van der Waals surface area contributed by atoms with Crippen LogP contribution in [0.5, 0.6) is 0 Å². The van der Waals surface area contributed by atoms with Gasteiger partial charge in [0.1, 0.15) is 6.54 Å². The molecule has 1 saturated heterocycles. The number of fused-ring (bicyclic) bond motifs is 2. The van der Waals surface area contributed by atoms with Gasteiger partial charge in [0.05, 0.1) is 23.6 Å². The molecule has 5 heteroatoms. The van der Waals surface area contributed by atoms with Crippen molar-refractivity contribution < 1.29 is 9.82 Å². The van der Waals surface area contributed by atoms with E-state index in [1.165, 1.54) is 22.1 Å². The largest absolute Gasteiger partial charge is 0.331 e. The highest BCUT2D eigenvalue weighted by molar-refractivity contribution is 6.30. The van der Waals surface area contributed by atoms with Crippen LogP contribution >= 0.6 is 11.6 Å². The Kier molecular flexibility index (Phi) is 4.10. The Labute approximate surface area is 151 Å². The number of nitrogens with one attached hydrogen (secondary N) is 1. The van der Waals surface area contributed by atoms with Crippen molar-refractivity contribution in [2.45, 2.75) is 24.8 Å². The number of hydrogen-bond donors (Lipinski definition) is 1. The lowest BCUT2D eigenvalue weighted by Crippen LogP contribution is -3.12. The molecule has 1 heterocycles. The highest BCUT2D eigenvalue weighted by Gasteiger charge is 2.39. The van der Waals surface area contributed by atoms with Gasteiger partial charge in [0.15, 0.2) is 0 Å². The zero-order valence-electron chi connectivity index (χ0n) is 13.9. The maximum absolute atomic E-state index is 11.3. The SMILES string of the molecule is O=[N+]([O-])c1ccc(Cl)cc1C[NH+]1CCC2(C=Cc3ccccc32)CC1. The summed E-state index contributed by atoms with van der Waals surface area (Å²) in [5, 5.41) is 11.8. The summed E-state index contributed by atoms with van der Waals surface area (Å²) in [5.74, 6) is 0. The molecule has 1 spiro atoms. The molecule has 1 aliphatic heterocycles. The molecule has 128 valence electrons. The van der Waals surface area contributed by atoms with Crippen molar-refractivity contribution in [3.05, 3.63) is 80.4 Å². The van der Waals surface area contributed by atoms with Crippen LogP contribution in [0.4, 0.5) is 5.69 Å². The van der Waals surface area contributed by atoms with E-state index in [1.807, 2.05) is 0 Å².